The summed E-state index contributed by atoms with van der Waals surface area (Å²) in [6, 6.07) is -0.0723. The summed E-state index contributed by atoms with van der Waals surface area (Å²) in [5.74, 6) is 0. The molecule has 1 N–H and O–H groups in total. The Morgan fingerprint density at radius 1 is 1.35 bits per heavy atom. The fraction of sp³-hybridized carbons (Fsp3) is 0.846. The molecule has 0 fully saturated rings. The maximum atomic E-state index is 12.3. The van der Waals surface area contributed by atoms with E-state index in [1.807, 2.05) is 6.92 Å². The van der Waals surface area contributed by atoms with Gasteiger partial charge in [-0.2, -0.15) is 13.2 Å². The van der Waals surface area contributed by atoms with Gasteiger partial charge in [-0.15, -0.1) is 0 Å². The van der Waals surface area contributed by atoms with Gasteiger partial charge in [-0.3, -0.25) is 0 Å². The number of rotatable bonds is 6. The van der Waals surface area contributed by atoms with Crippen molar-refractivity contribution in [2.75, 3.05) is 6.54 Å². The van der Waals surface area contributed by atoms with Crippen LogP contribution < -0.4 is 5.32 Å². The van der Waals surface area contributed by atoms with Crippen LogP contribution in [0.1, 0.15) is 51.9 Å². The molecule has 0 spiro atoms. The van der Waals surface area contributed by atoms with E-state index in [-0.39, 0.29) is 12.5 Å². The molecule has 0 aromatic rings. The molecule has 0 aromatic carbocycles. The molecule has 0 amide bonds. The van der Waals surface area contributed by atoms with Crippen LogP contribution >= 0.6 is 0 Å². The molecule has 1 aliphatic rings. The lowest BCUT2D eigenvalue weighted by atomic mass is 9.91. The van der Waals surface area contributed by atoms with Crippen LogP contribution in [-0.4, -0.2) is 18.8 Å². The van der Waals surface area contributed by atoms with E-state index in [1.165, 1.54) is 12.0 Å². The van der Waals surface area contributed by atoms with Crippen molar-refractivity contribution in [1.29, 1.82) is 0 Å². The zero-order chi connectivity index (χ0) is 12.7. The predicted octanol–water partition coefficient (Wildman–Crippen LogP) is 4.20. The van der Waals surface area contributed by atoms with Gasteiger partial charge < -0.3 is 5.32 Å². The van der Waals surface area contributed by atoms with Crippen LogP contribution in [0.25, 0.3) is 0 Å². The van der Waals surface area contributed by atoms with Crippen LogP contribution in [0.5, 0.6) is 0 Å². The average molecular weight is 249 g/mol. The number of alkyl halides is 3. The van der Waals surface area contributed by atoms with Crippen molar-refractivity contribution in [3.8, 4) is 0 Å². The number of allylic oxidation sites excluding steroid dienone is 1. The third-order valence-corrected chi connectivity index (χ3v) is 3.13. The molecule has 0 radical (unpaired) electrons. The van der Waals surface area contributed by atoms with E-state index >= 15 is 0 Å². The lowest BCUT2D eigenvalue weighted by Crippen LogP contribution is -2.33. The first-order chi connectivity index (χ1) is 8.03. The molecule has 1 aliphatic carbocycles. The quantitative estimate of drug-likeness (QED) is 0.696. The molecule has 1 atom stereocenters. The molecular weight excluding hydrogens is 227 g/mol. The average Bonchev–Trinajstić information content (AvgIpc) is 2.29. The Balaban J connectivity index is 2.50. The van der Waals surface area contributed by atoms with Crippen molar-refractivity contribution in [2.24, 2.45) is 0 Å². The summed E-state index contributed by atoms with van der Waals surface area (Å²) in [7, 11) is 0. The normalized spacial score (nSPS) is 18.9. The van der Waals surface area contributed by atoms with Gasteiger partial charge in [0.05, 0.1) is 0 Å². The number of nitrogens with one attached hydrogen (secondary N) is 1. The Morgan fingerprint density at radius 2 is 2.12 bits per heavy atom. The number of hydrogen-bond acceptors (Lipinski definition) is 1. The van der Waals surface area contributed by atoms with Crippen LogP contribution in [0.4, 0.5) is 13.2 Å². The van der Waals surface area contributed by atoms with E-state index in [0.29, 0.717) is 0 Å². The van der Waals surface area contributed by atoms with Crippen LogP contribution in [0.3, 0.4) is 0 Å². The number of halogens is 3. The summed E-state index contributed by atoms with van der Waals surface area (Å²) < 4.78 is 36.8. The molecular formula is C13H22F3N. The van der Waals surface area contributed by atoms with Gasteiger partial charge in [0, 0.05) is 12.5 Å². The molecule has 1 rings (SSSR count). The van der Waals surface area contributed by atoms with Gasteiger partial charge in [-0.1, -0.05) is 18.6 Å². The monoisotopic (exact) mass is 249 g/mol. The van der Waals surface area contributed by atoms with E-state index in [1.54, 1.807) is 0 Å². The van der Waals surface area contributed by atoms with Crippen molar-refractivity contribution in [3.63, 3.8) is 0 Å². The van der Waals surface area contributed by atoms with Gasteiger partial charge in [-0.25, -0.2) is 0 Å². The van der Waals surface area contributed by atoms with Crippen molar-refractivity contribution >= 4 is 0 Å². The second kappa shape index (κ2) is 7.04. The van der Waals surface area contributed by atoms with E-state index < -0.39 is 12.6 Å². The second-order valence-corrected chi connectivity index (χ2v) is 4.69. The van der Waals surface area contributed by atoms with Crippen molar-refractivity contribution in [1.82, 2.24) is 5.32 Å². The molecule has 17 heavy (non-hydrogen) atoms. The van der Waals surface area contributed by atoms with E-state index in [0.717, 1.165) is 32.2 Å². The molecule has 0 heterocycles. The third kappa shape index (κ3) is 6.10. The minimum Gasteiger partial charge on any atom is -0.310 e. The first kappa shape index (κ1) is 14.6. The van der Waals surface area contributed by atoms with Crippen LogP contribution in [-0.2, 0) is 0 Å². The van der Waals surface area contributed by atoms with Crippen molar-refractivity contribution < 1.29 is 13.2 Å². The molecule has 0 bridgehead atoms. The van der Waals surface area contributed by atoms with Crippen LogP contribution in [0.15, 0.2) is 11.6 Å². The summed E-state index contributed by atoms with van der Waals surface area (Å²) in [5.41, 5.74) is 1.19. The molecule has 4 heteroatoms. The molecule has 1 unspecified atom stereocenters. The summed E-state index contributed by atoms with van der Waals surface area (Å²) in [6.07, 6.45) is 2.79. The molecule has 0 saturated heterocycles. The molecule has 100 valence electrons. The molecule has 0 saturated carbocycles. The molecule has 1 nitrogen and oxygen atoms in total. The van der Waals surface area contributed by atoms with Gasteiger partial charge >= 0.3 is 6.18 Å². The van der Waals surface area contributed by atoms with Gasteiger partial charge in [0.25, 0.3) is 0 Å². The highest BCUT2D eigenvalue weighted by atomic mass is 19.4. The standard InChI is InChI=1S/C13H22F3N/c1-2-10-17-12(8-9-13(14,15)16)11-6-4-3-5-7-11/h6,12,17H,2-5,7-10H2,1H3. The third-order valence-electron chi connectivity index (χ3n) is 3.13. The molecule has 0 aromatic heterocycles. The largest absolute Gasteiger partial charge is 0.389 e. The Kier molecular flexibility index (Phi) is 6.03. The van der Waals surface area contributed by atoms with Gasteiger partial charge in [-0.05, 0) is 45.1 Å². The fourth-order valence-corrected chi connectivity index (χ4v) is 2.22. The first-order valence-electron chi connectivity index (χ1n) is 6.52. The highest BCUT2D eigenvalue weighted by molar-refractivity contribution is 5.13. The van der Waals surface area contributed by atoms with E-state index in [9.17, 15) is 13.2 Å². The van der Waals surface area contributed by atoms with E-state index in [2.05, 4.69) is 11.4 Å². The summed E-state index contributed by atoms with van der Waals surface area (Å²) >= 11 is 0. The zero-order valence-corrected chi connectivity index (χ0v) is 10.4. The highest BCUT2D eigenvalue weighted by Gasteiger charge is 2.29. The zero-order valence-electron chi connectivity index (χ0n) is 10.4. The lowest BCUT2D eigenvalue weighted by Gasteiger charge is -2.25. The Labute approximate surface area is 101 Å². The van der Waals surface area contributed by atoms with Gasteiger partial charge in [0.15, 0.2) is 0 Å². The predicted molar refractivity (Wildman–Crippen MR) is 63.9 cm³/mol. The Hall–Kier alpha value is -0.510. The SMILES string of the molecule is CCCNC(CCC(F)(F)F)C1=CCCCC1. The second-order valence-electron chi connectivity index (χ2n) is 4.69. The van der Waals surface area contributed by atoms with Crippen molar-refractivity contribution in [2.45, 2.75) is 64.1 Å². The summed E-state index contributed by atoms with van der Waals surface area (Å²) in [6.45, 7) is 2.82. The van der Waals surface area contributed by atoms with Gasteiger partial charge in [0.2, 0.25) is 0 Å². The highest BCUT2D eigenvalue weighted by Crippen LogP contribution is 2.27. The maximum Gasteiger partial charge on any atom is 0.389 e. The maximum absolute atomic E-state index is 12.3. The van der Waals surface area contributed by atoms with E-state index in [4.69, 9.17) is 0 Å². The van der Waals surface area contributed by atoms with Crippen molar-refractivity contribution in [3.05, 3.63) is 11.6 Å². The summed E-state index contributed by atoms with van der Waals surface area (Å²) in [4.78, 5) is 0. The Morgan fingerprint density at radius 3 is 2.65 bits per heavy atom. The lowest BCUT2D eigenvalue weighted by molar-refractivity contribution is -0.136. The topological polar surface area (TPSA) is 12.0 Å². The fourth-order valence-electron chi connectivity index (χ4n) is 2.22. The smallest absolute Gasteiger partial charge is 0.310 e. The minimum absolute atomic E-state index is 0.0723. The van der Waals surface area contributed by atoms with Crippen LogP contribution in [0.2, 0.25) is 0 Å². The van der Waals surface area contributed by atoms with Crippen LogP contribution in [0, 0.1) is 0 Å². The minimum atomic E-state index is -4.04. The molecule has 0 aliphatic heterocycles. The Bertz CT molecular complexity index is 246. The first-order valence-corrected chi connectivity index (χ1v) is 6.52. The summed E-state index contributed by atoms with van der Waals surface area (Å²) in [5, 5.41) is 3.24. The van der Waals surface area contributed by atoms with Gasteiger partial charge in [0.1, 0.15) is 0 Å². The number of hydrogen-bond donors (Lipinski definition) is 1.